The molecule has 0 aromatic heterocycles. The first-order chi connectivity index (χ1) is 10.0. The van der Waals surface area contributed by atoms with Crippen molar-refractivity contribution in [2.75, 3.05) is 0 Å². The summed E-state index contributed by atoms with van der Waals surface area (Å²) in [6, 6.07) is 12.4. The topological polar surface area (TPSA) is 34.1 Å². The molecule has 1 aliphatic carbocycles. The summed E-state index contributed by atoms with van der Waals surface area (Å²) in [5.41, 5.74) is 3.84. The zero-order valence-electron chi connectivity index (χ0n) is 12.1. The van der Waals surface area contributed by atoms with Crippen molar-refractivity contribution in [3.05, 3.63) is 76.9 Å². The molecule has 2 heteroatoms. The molecule has 0 N–H and O–H groups in total. The fraction of sp³-hybridized carbons (Fsp3) is 0.158. The van der Waals surface area contributed by atoms with E-state index in [0.717, 1.165) is 11.1 Å². The zero-order valence-corrected chi connectivity index (χ0v) is 12.1. The number of rotatable bonds is 2. The molecule has 2 nitrogen and oxygen atoms in total. The Morgan fingerprint density at radius 2 is 1.38 bits per heavy atom. The van der Waals surface area contributed by atoms with Crippen LogP contribution in [0.5, 0.6) is 0 Å². The van der Waals surface area contributed by atoms with E-state index >= 15 is 0 Å². The SMILES string of the molecule is C=C(c1ccc2c(c1)C(=O)c1ccccc1C2=O)C(C)C. The Bertz CT molecular complexity index is 782. The Labute approximate surface area is 124 Å². The van der Waals surface area contributed by atoms with Gasteiger partial charge in [-0.1, -0.05) is 50.8 Å². The normalized spacial score (nSPS) is 13.1. The monoisotopic (exact) mass is 276 g/mol. The van der Waals surface area contributed by atoms with E-state index in [1.807, 2.05) is 6.07 Å². The van der Waals surface area contributed by atoms with Crippen LogP contribution in [0.1, 0.15) is 51.3 Å². The van der Waals surface area contributed by atoms with Gasteiger partial charge >= 0.3 is 0 Å². The van der Waals surface area contributed by atoms with Crippen LogP contribution in [0.3, 0.4) is 0 Å². The second-order valence-corrected chi connectivity index (χ2v) is 5.64. The molecule has 0 saturated carbocycles. The van der Waals surface area contributed by atoms with E-state index in [2.05, 4.69) is 20.4 Å². The second-order valence-electron chi connectivity index (χ2n) is 5.64. The molecule has 0 heterocycles. The molecule has 0 atom stereocenters. The van der Waals surface area contributed by atoms with Crippen molar-refractivity contribution in [1.82, 2.24) is 0 Å². The van der Waals surface area contributed by atoms with Crippen LogP contribution < -0.4 is 0 Å². The molecule has 0 saturated heterocycles. The highest BCUT2D eigenvalue weighted by molar-refractivity contribution is 6.28. The van der Waals surface area contributed by atoms with E-state index in [4.69, 9.17) is 0 Å². The Morgan fingerprint density at radius 3 is 1.95 bits per heavy atom. The van der Waals surface area contributed by atoms with Crippen molar-refractivity contribution in [2.24, 2.45) is 5.92 Å². The van der Waals surface area contributed by atoms with Gasteiger partial charge < -0.3 is 0 Å². The van der Waals surface area contributed by atoms with Crippen LogP contribution in [0.15, 0.2) is 49.0 Å². The molecular formula is C19H16O2. The average molecular weight is 276 g/mol. The van der Waals surface area contributed by atoms with Gasteiger partial charge in [-0.2, -0.15) is 0 Å². The van der Waals surface area contributed by atoms with Crippen molar-refractivity contribution in [3.8, 4) is 0 Å². The lowest BCUT2D eigenvalue weighted by atomic mass is 9.82. The lowest BCUT2D eigenvalue weighted by Crippen LogP contribution is -2.21. The Balaban J connectivity index is 2.17. The van der Waals surface area contributed by atoms with E-state index in [0.29, 0.717) is 28.2 Å². The third kappa shape index (κ3) is 2.04. The minimum absolute atomic E-state index is 0.0816. The maximum absolute atomic E-state index is 12.6. The highest BCUT2D eigenvalue weighted by Crippen LogP contribution is 2.30. The molecule has 21 heavy (non-hydrogen) atoms. The van der Waals surface area contributed by atoms with E-state index < -0.39 is 0 Å². The maximum atomic E-state index is 12.6. The molecule has 0 bridgehead atoms. The van der Waals surface area contributed by atoms with Crippen molar-refractivity contribution < 1.29 is 9.59 Å². The summed E-state index contributed by atoms with van der Waals surface area (Å²) in [6.45, 7) is 8.18. The minimum atomic E-state index is -0.0846. The molecule has 104 valence electrons. The predicted molar refractivity (Wildman–Crippen MR) is 83.6 cm³/mol. The predicted octanol–water partition coefficient (Wildman–Crippen LogP) is 4.13. The summed E-state index contributed by atoms with van der Waals surface area (Å²) in [5.74, 6) is 0.130. The second kappa shape index (κ2) is 4.81. The molecule has 0 amide bonds. The van der Waals surface area contributed by atoms with Crippen LogP contribution in [0.4, 0.5) is 0 Å². The van der Waals surface area contributed by atoms with Crippen LogP contribution >= 0.6 is 0 Å². The number of carbonyl (C=O) groups excluding carboxylic acids is 2. The van der Waals surface area contributed by atoms with Crippen molar-refractivity contribution in [3.63, 3.8) is 0 Å². The summed E-state index contributed by atoms with van der Waals surface area (Å²) in [7, 11) is 0. The number of fused-ring (bicyclic) bond motifs is 2. The van der Waals surface area contributed by atoms with Gasteiger partial charge in [-0.05, 0) is 29.2 Å². The fourth-order valence-corrected chi connectivity index (χ4v) is 2.63. The first kappa shape index (κ1) is 13.5. The number of carbonyl (C=O) groups is 2. The number of allylic oxidation sites excluding steroid dienone is 1. The Kier molecular flexibility index (Phi) is 3.09. The zero-order chi connectivity index (χ0) is 15.1. The highest BCUT2D eigenvalue weighted by Gasteiger charge is 2.29. The van der Waals surface area contributed by atoms with E-state index in [9.17, 15) is 9.59 Å². The first-order valence-electron chi connectivity index (χ1n) is 7.02. The molecule has 0 aliphatic heterocycles. The maximum Gasteiger partial charge on any atom is 0.194 e. The van der Waals surface area contributed by atoms with Crippen LogP contribution in [0, 0.1) is 5.92 Å². The molecule has 0 fully saturated rings. The highest BCUT2D eigenvalue weighted by atomic mass is 16.1. The average Bonchev–Trinajstić information content (AvgIpc) is 2.51. The summed E-state index contributed by atoms with van der Waals surface area (Å²) in [6.07, 6.45) is 0. The van der Waals surface area contributed by atoms with Gasteiger partial charge in [-0.25, -0.2) is 0 Å². The third-order valence-electron chi connectivity index (χ3n) is 3.99. The molecule has 0 radical (unpaired) electrons. The lowest BCUT2D eigenvalue weighted by molar-refractivity contribution is 0.0979. The van der Waals surface area contributed by atoms with Gasteiger partial charge in [0.2, 0.25) is 0 Å². The minimum Gasteiger partial charge on any atom is -0.289 e. The molecule has 2 aromatic carbocycles. The van der Waals surface area contributed by atoms with Gasteiger partial charge in [0, 0.05) is 22.3 Å². The van der Waals surface area contributed by atoms with Gasteiger partial charge in [0.15, 0.2) is 11.6 Å². The van der Waals surface area contributed by atoms with Crippen LogP contribution in [-0.4, -0.2) is 11.6 Å². The summed E-state index contributed by atoms with van der Waals surface area (Å²) >= 11 is 0. The van der Waals surface area contributed by atoms with Crippen molar-refractivity contribution in [2.45, 2.75) is 13.8 Å². The number of ketones is 2. The first-order valence-corrected chi connectivity index (χ1v) is 7.02. The molecular weight excluding hydrogens is 260 g/mol. The van der Waals surface area contributed by atoms with E-state index in [-0.39, 0.29) is 11.6 Å². The summed E-state index contributed by atoms with van der Waals surface area (Å²) < 4.78 is 0. The number of hydrogen-bond acceptors (Lipinski definition) is 2. The summed E-state index contributed by atoms with van der Waals surface area (Å²) in [4.78, 5) is 25.1. The smallest absolute Gasteiger partial charge is 0.194 e. The standard InChI is InChI=1S/C19H16O2/c1-11(2)12(3)13-8-9-16-17(10-13)19(21)15-7-5-4-6-14(15)18(16)20/h4-11H,3H2,1-2H3. The van der Waals surface area contributed by atoms with Crippen LogP contribution in [0.25, 0.3) is 5.57 Å². The quantitative estimate of drug-likeness (QED) is 0.705. The van der Waals surface area contributed by atoms with E-state index in [1.165, 1.54) is 0 Å². The number of benzene rings is 2. The van der Waals surface area contributed by atoms with E-state index in [1.54, 1.807) is 36.4 Å². The summed E-state index contributed by atoms with van der Waals surface area (Å²) in [5, 5.41) is 0. The fourth-order valence-electron chi connectivity index (χ4n) is 2.63. The molecule has 0 unspecified atom stereocenters. The molecule has 3 rings (SSSR count). The van der Waals surface area contributed by atoms with Gasteiger partial charge in [0.05, 0.1) is 0 Å². The number of hydrogen-bond donors (Lipinski definition) is 0. The Hall–Kier alpha value is -2.48. The van der Waals surface area contributed by atoms with Gasteiger partial charge in [0.25, 0.3) is 0 Å². The Morgan fingerprint density at radius 1 is 0.857 bits per heavy atom. The van der Waals surface area contributed by atoms with Gasteiger partial charge in [-0.15, -0.1) is 0 Å². The molecule has 1 aliphatic rings. The third-order valence-corrected chi connectivity index (χ3v) is 3.99. The molecule has 2 aromatic rings. The van der Waals surface area contributed by atoms with Crippen molar-refractivity contribution >= 4 is 17.1 Å². The van der Waals surface area contributed by atoms with Crippen LogP contribution in [-0.2, 0) is 0 Å². The lowest BCUT2D eigenvalue weighted by Gasteiger charge is -2.19. The van der Waals surface area contributed by atoms with Crippen LogP contribution in [0.2, 0.25) is 0 Å². The largest absolute Gasteiger partial charge is 0.289 e. The van der Waals surface area contributed by atoms with Gasteiger partial charge in [-0.3, -0.25) is 9.59 Å². The molecule has 0 spiro atoms. The van der Waals surface area contributed by atoms with Gasteiger partial charge in [0.1, 0.15) is 0 Å². The van der Waals surface area contributed by atoms with Crippen molar-refractivity contribution in [1.29, 1.82) is 0 Å².